The number of anilines is 1. The van der Waals surface area contributed by atoms with E-state index in [1.165, 1.54) is 31.4 Å². The first kappa shape index (κ1) is 9.44. The average molecular weight is 191 g/mol. The standard InChI is InChI=1S/C11H17N3/c1-2-12-11-7-10(13-8-14-11)9-5-3-4-6-9/h7-9H,2-6H2,1H3,(H,12,13,14). The van der Waals surface area contributed by atoms with Crippen LogP contribution in [0, 0.1) is 0 Å². The molecule has 1 fully saturated rings. The van der Waals surface area contributed by atoms with Crippen LogP contribution < -0.4 is 5.32 Å². The van der Waals surface area contributed by atoms with Crippen molar-refractivity contribution in [3.63, 3.8) is 0 Å². The Balaban J connectivity index is 2.12. The summed E-state index contributed by atoms with van der Waals surface area (Å²) in [5.41, 5.74) is 1.22. The Morgan fingerprint density at radius 2 is 2.14 bits per heavy atom. The van der Waals surface area contributed by atoms with Crippen molar-refractivity contribution in [2.75, 3.05) is 11.9 Å². The highest BCUT2D eigenvalue weighted by molar-refractivity contribution is 5.35. The van der Waals surface area contributed by atoms with Crippen molar-refractivity contribution in [2.45, 2.75) is 38.5 Å². The van der Waals surface area contributed by atoms with Crippen LogP contribution >= 0.6 is 0 Å². The Morgan fingerprint density at radius 1 is 1.36 bits per heavy atom. The maximum absolute atomic E-state index is 4.35. The molecule has 14 heavy (non-hydrogen) atoms. The van der Waals surface area contributed by atoms with Gasteiger partial charge < -0.3 is 5.32 Å². The van der Waals surface area contributed by atoms with Gasteiger partial charge in [0, 0.05) is 24.2 Å². The molecule has 2 rings (SSSR count). The highest BCUT2D eigenvalue weighted by Gasteiger charge is 2.18. The molecule has 1 aromatic heterocycles. The number of nitrogens with zero attached hydrogens (tertiary/aromatic N) is 2. The summed E-state index contributed by atoms with van der Waals surface area (Å²) >= 11 is 0. The first-order chi connectivity index (χ1) is 6.90. The van der Waals surface area contributed by atoms with Crippen molar-refractivity contribution >= 4 is 5.82 Å². The summed E-state index contributed by atoms with van der Waals surface area (Å²) < 4.78 is 0. The molecule has 1 aliphatic carbocycles. The Morgan fingerprint density at radius 3 is 2.86 bits per heavy atom. The molecule has 0 aromatic carbocycles. The van der Waals surface area contributed by atoms with Crippen molar-refractivity contribution in [2.24, 2.45) is 0 Å². The normalized spacial score (nSPS) is 17.2. The van der Waals surface area contributed by atoms with E-state index in [2.05, 4.69) is 28.3 Å². The summed E-state index contributed by atoms with van der Waals surface area (Å²) in [7, 11) is 0. The van der Waals surface area contributed by atoms with Crippen LogP contribution in [0.25, 0.3) is 0 Å². The quantitative estimate of drug-likeness (QED) is 0.798. The fourth-order valence-electron chi connectivity index (χ4n) is 2.09. The lowest BCUT2D eigenvalue weighted by Crippen LogP contribution is -2.03. The molecule has 0 bridgehead atoms. The summed E-state index contributed by atoms with van der Waals surface area (Å²) in [6.07, 6.45) is 6.97. The molecule has 0 amide bonds. The van der Waals surface area contributed by atoms with Crippen LogP contribution in [0.4, 0.5) is 5.82 Å². The Kier molecular flexibility index (Phi) is 2.96. The molecule has 0 spiro atoms. The van der Waals surface area contributed by atoms with Crippen molar-refractivity contribution in [3.05, 3.63) is 18.1 Å². The first-order valence-electron chi connectivity index (χ1n) is 5.46. The molecule has 1 heterocycles. The van der Waals surface area contributed by atoms with E-state index in [1.54, 1.807) is 6.33 Å². The molecule has 1 aliphatic rings. The zero-order chi connectivity index (χ0) is 9.80. The Hall–Kier alpha value is -1.12. The van der Waals surface area contributed by atoms with Crippen LogP contribution in [-0.4, -0.2) is 16.5 Å². The lowest BCUT2D eigenvalue weighted by atomic mass is 10.0. The van der Waals surface area contributed by atoms with Gasteiger partial charge in [-0.1, -0.05) is 12.8 Å². The van der Waals surface area contributed by atoms with E-state index in [1.807, 2.05) is 0 Å². The third-order valence-electron chi connectivity index (χ3n) is 2.82. The molecule has 1 N–H and O–H groups in total. The minimum atomic E-state index is 0.676. The van der Waals surface area contributed by atoms with Crippen LogP contribution in [0.2, 0.25) is 0 Å². The zero-order valence-corrected chi connectivity index (χ0v) is 8.66. The second-order valence-corrected chi connectivity index (χ2v) is 3.84. The van der Waals surface area contributed by atoms with Crippen molar-refractivity contribution in [1.29, 1.82) is 0 Å². The number of hydrogen-bond donors (Lipinski definition) is 1. The molecule has 76 valence electrons. The van der Waals surface area contributed by atoms with Gasteiger partial charge in [0.05, 0.1) is 0 Å². The Bertz CT molecular complexity index is 292. The van der Waals surface area contributed by atoms with Crippen molar-refractivity contribution in [1.82, 2.24) is 9.97 Å². The van der Waals surface area contributed by atoms with Crippen molar-refractivity contribution in [3.8, 4) is 0 Å². The number of nitrogens with one attached hydrogen (secondary N) is 1. The van der Waals surface area contributed by atoms with Gasteiger partial charge in [0.2, 0.25) is 0 Å². The monoisotopic (exact) mass is 191 g/mol. The van der Waals surface area contributed by atoms with E-state index in [0.717, 1.165) is 12.4 Å². The number of aromatic nitrogens is 2. The summed E-state index contributed by atoms with van der Waals surface area (Å²) in [5.74, 6) is 1.64. The third kappa shape index (κ3) is 2.03. The maximum atomic E-state index is 4.35. The predicted octanol–water partition coefficient (Wildman–Crippen LogP) is 2.57. The lowest BCUT2D eigenvalue weighted by Gasteiger charge is -2.09. The van der Waals surface area contributed by atoms with E-state index >= 15 is 0 Å². The van der Waals surface area contributed by atoms with Gasteiger partial charge >= 0.3 is 0 Å². The summed E-state index contributed by atoms with van der Waals surface area (Å²) in [6.45, 7) is 3.00. The maximum Gasteiger partial charge on any atom is 0.129 e. The molecule has 3 nitrogen and oxygen atoms in total. The van der Waals surface area contributed by atoms with Crippen LogP contribution in [0.1, 0.15) is 44.2 Å². The number of rotatable bonds is 3. The zero-order valence-electron chi connectivity index (χ0n) is 8.66. The minimum Gasteiger partial charge on any atom is -0.370 e. The van der Waals surface area contributed by atoms with Gasteiger partial charge in [0.1, 0.15) is 12.1 Å². The highest BCUT2D eigenvalue weighted by Crippen LogP contribution is 2.33. The van der Waals surface area contributed by atoms with Crippen LogP contribution in [-0.2, 0) is 0 Å². The van der Waals surface area contributed by atoms with Gasteiger partial charge in [-0.05, 0) is 19.8 Å². The molecule has 0 atom stereocenters. The van der Waals surface area contributed by atoms with E-state index in [0.29, 0.717) is 5.92 Å². The summed E-state index contributed by atoms with van der Waals surface area (Å²) in [4.78, 5) is 8.53. The minimum absolute atomic E-state index is 0.676. The Labute approximate surface area is 85.0 Å². The van der Waals surface area contributed by atoms with Crippen LogP contribution in [0.3, 0.4) is 0 Å². The highest BCUT2D eigenvalue weighted by atomic mass is 15.0. The molecule has 1 saturated carbocycles. The molecular weight excluding hydrogens is 174 g/mol. The second kappa shape index (κ2) is 4.40. The second-order valence-electron chi connectivity index (χ2n) is 3.84. The van der Waals surface area contributed by atoms with Gasteiger partial charge in [-0.25, -0.2) is 9.97 Å². The summed E-state index contributed by atoms with van der Waals surface area (Å²) in [5, 5.41) is 3.22. The molecule has 0 radical (unpaired) electrons. The largest absolute Gasteiger partial charge is 0.370 e. The van der Waals surface area contributed by atoms with Crippen LogP contribution in [0.15, 0.2) is 12.4 Å². The molecular formula is C11H17N3. The summed E-state index contributed by atoms with van der Waals surface area (Å²) in [6, 6.07) is 2.10. The molecule has 1 aromatic rings. The van der Waals surface area contributed by atoms with E-state index in [9.17, 15) is 0 Å². The van der Waals surface area contributed by atoms with Gasteiger partial charge in [0.25, 0.3) is 0 Å². The van der Waals surface area contributed by atoms with E-state index in [4.69, 9.17) is 0 Å². The van der Waals surface area contributed by atoms with E-state index < -0.39 is 0 Å². The van der Waals surface area contributed by atoms with Gasteiger partial charge in [0.15, 0.2) is 0 Å². The average Bonchev–Trinajstić information content (AvgIpc) is 2.71. The van der Waals surface area contributed by atoms with E-state index in [-0.39, 0.29) is 0 Å². The van der Waals surface area contributed by atoms with Crippen LogP contribution in [0.5, 0.6) is 0 Å². The third-order valence-corrected chi connectivity index (χ3v) is 2.82. The van der Waals surface area contributed by atoms with Gasteiger partial charge in [-0.3, -0.25) is 0 Å². The number of hydrogen-bond acceptors (Lipinski definition) is 3. The molecule has 0 unspecified atom stereocenters. The first-order valence-corrected chi connectivity index (χ1v) is 5.46. The molecule has 0 aliphatic heterocycles. The smallest absolute Gasteiger partial charge is 0.129 e. The fourth-order valence-corrected chi connectivity index (χ4v) is 2.09. The predicted molar refractivity (Wildman–Crippen MR) is 57.4 cm³/mol. The lowest BCUT2D eigenvalue weighted by molar-refractivity contribution is 0.694. The SMILES string of the molecule is CCNc1cc(C2CCCC2)ncn1. The fraction of sp³-hybridized carbons (Fsp3) is 0.636. The molecule has 0 saturated heterocycles. The topological polar surface area (TPSA) is 37.8 Å². The molecule has 3 heteroatoms. The van der Waals surface area contributed by atoms with Crippen molar-refractivity contribution < 1.29 is 0 Å². The van der Waals surface area contributed by atoms with Gasteiger partial charge in [-0.15, -0.1) is 0 Å². The van der Waals surface area contributed by atoms with Gasteiger partial charge in [-0.2, -0.15) is 0 Å².